The van der Waals surface area contributed by atoms with Crippen molar-refractivity contribution in [3.05, 3.63) is 51.4 Å². The van der Waals surface area contributed by atoms with Gasteiger partial charge in [0.1, 0.15) is 0 Å². The van der Waals surface area contributed by atoms with Gasteiger partial charge in [-0.1, -0.05) is 17.7 Å². The number of rotatable bonds is 3. The predicted octanol–water partition coefficient (Wildman–Crippen LogP) is 2.75. The normalized spacial score (nSPS) is 16.1. The molecule has 2 aromatic rings. The quantitative estimate of drug-likeness (QED) is 0.872. The molecule has 3 heterocycles. The zero-order valence-corrected chi connectivity index (χ0v) is 13.1. The van der Waals surface area contributed by atoms with Crippen LogP contribution in [-0.2, 0) is 6.54 Å². The van der Waals surface area contributed by atoms with Gasteiger partial charge in [-0.3, -0.25) is 14.7 Å². The number of halogens is 1. The van der Waals surface area contributed by atoms with Crippen molar-refractivity contribution in [1.82, 2.24) is 14.8 Å². The van der Waals surface area contributed by atoms with Gasteiger partial charge in [-0.05, 0) is 17.5 Å². The van der Waals surface area contributed by atoms with E-state index in [1.165, 1.54) is 4.88 Å². The van der Waals surface area contributed by atoms with Gasteiger partial charge in [-0.25, -0.2) is 0 Å². The van der Waals surface area contributed by atoms with Crippen LogP contribution in [0.3, 0.4) is 0 Å². The van der Waals surface area contributed by atoms with Crippen molar-refractivity contribution < 1.29 is 4.79 Å². The molecule has 1 saturated heterocycles. The van der Waals surface area contributed by atoms with E-state index < -0.39 is 0 Å². The number of nitrogens with zero attached hydrogens (tertiary/aromatic N) is 3. The summed E-state index contributed by atoms with van der Waals surface area (Å²) in [6.07, 6.45) is 3.14. The van der Waals surface area contributed by atoms with E-state index in [0.717, 1.165) is 32.7 Å². The second-order valence-corrected chi connectivity index (χ2v) is 6.44. The van der Waals surface area contributed by atoms with Crippen molar-refractivity contribution in [2.75, 3.05) is 26.2 Å². The van der Waals surface area contributed by atoms with Crippen LogP contribution in [0, 0.1) is 0 Å². The summed E-state index contributed by atoms with van der Waals surface area (Å²) in [6.45, 7) is 4.21. The van der Waals surface area contributed by atoms with Gasteiger partial charge in [0.25, 0.3) is 5.91 Å². The Bertz CT molecular complexity index is 609. The Morgan fingerprint density at radius 1 is 1.29 bits per heavy atom. The van der Waals surface area contributed by atoms with Crippen molar-refractivity contribution in [3.8, 4) is 0 Å². The zero-order valence-electron chi connectivity index (χ0n) is 11.5. The van der Waals surface area contributed by atoms with Crippen LogP contribution in [0.25, 0.3) is 0 Å². The van der Waals surface area contributed by atoms with Gasteiger partial charge in [0.2, 0.25) is 0 Å². The molecule has 4 nitrogen and oxygen atoms in total. The van der Waals surface area contributed by atoms with E-state index in [9.17, 15) is 4.79 Å². The fourth-order valence-corrected chi connectivity index (χ4v) is 3.37. The van der Waals surface area contributed by atoms with E-state index in [2.05, 4.69) is 27.4 Å². The van der Waals surface area contributed by atoms with Crippen molar-refractivity contribution in [2.45, 2.75) is 6.54 Å². The molecule has 0 unspecified atom stereocenters. The van der Waals surface area contributed by atoms with Gasteiger partial charge < -0.3 is 4.90 Å². The van der Waals surface area contributed by atoms with Crippen LogP contribution in [0.1, 0.15) is 15.2 Å². The fourth-order valence-electron chi connectivity index (χ4n) is 2.44. The van der Waals surface area contributed by atoms with Gasteiger partial charge in [0.15, 0.2) is 0 Å². The highest BCUT2D eigenvalue weighted by molar-refractivity contribution is 7.09. The molecular formula is C15H16ClN3OS. The number of hydrogen-bond donors (Lipinski definition) is 0. The Hall–Kier alpha value is -1.43. The van der Waals surface area contributed by atoms with E-state index >= 15 is 0 Å². The molecule has 0 saturated carbocycles. The predicted molar refractivity (Wildman–Crippen MR) is 84.7 cm³/mol. The third-order valence-electron chi connectivity index (χ3n) is 3.62. The molecule has 0 bridgehead atoms. The Balaban J connectivity index is 1.58. The summed E-state index contributed by atoms with van der Waals surface area (Å²) < 4.78 is 0. The molecule has 0 spiro atoms. The molecule has 1 aliphatic rings. The topological polar surface area (TPSA) is 36.4 Å². The molecule has 0 N–H and O–H groups in total. The fraction of sp³-hybridized carbons (Fsp3) is 0.333. The van der Waals surface area contributed by atoms with Crippen LogP contribution in [0.4, 0.5) is 0 Å². The SMILES string of the molecule is O=C(c1cnccc1Cl)N1CCN(Cc2cccs2)CC1. The highest BCUT2D eigenvalue weighted by Crippen LogP contribution is 2.18. The summed E-state index contributed by atoms with van der Waals surface area (Å²) in [5.74, 6) is -0.0242. The smallest absolute Gasteiger partial charge is 0.257 e. The second kappa shape index (κ2) is 6.56. The van der Waals surface area contributed by atoms with Gasteiger partial charge in [-0.2, -0.15) is 0 Å². The molecule has 0 radical (unpaired) electrons. The number of thiophene rings is 1. The first kappa shape index (κ1) is 14.5. The number of amides is 1. The Kier molecular flexibility index (Phi) is 4.53. The van der Waals surface area contributed by atoms with E-state index in [1.54, 1.807) is 29.8 Å². The minimum Gasteiger partial charge on any atom is -0.336 e. The van der Waals surface area contributed by atoms with E-state index in [4.69, 9.17) is 11.6 Å². The van der Waals surface area contributed by atoms with E-state index in [1.807, 2.05) is 4.90 Å². The number of aromatic nitrogens is 1. The molecule has 1 fully saturated rings. The Morgan fingerprint density at radius 3 is 2.76 bits per heavy atom. The third-order valence-corrected chi connectivity index (χ3v) is 4.81. The molecule has 3 rings (SSSR count). The summed E-state index contributed by atoms with van der Waals surface area (Å²) in [4.78, 5) is 22.0. The number of carbonyl (C=O) groups excluding carboxylic acids is 1. The van der Waals surface area contributed by atoms with Crippen LogP contribution in [0.2, 0.25) is 5.02 Å². The molecule has 0 aromatic carbocycles. The summed E-state index contributed by atoms with van der Waals surface area (Å²) in [7, 11) is 0. The maximum atomic E-state index is 12.4. The first-order valence-corrected chi connectivity index (χ1v) is 8.13. The van der Waals surface area contributed by atoms with Crippen LogP contribution in [0.5, 0.6) is 0 Å². The van der Waals surface area contributed by atoms with Gasteiger partial charge in [-0.15, -0.1) is 11.3 Å². The lowest BCUT2D eigenvalue weighted by atomic mass is 10.2. The highest BCUT2D eigenvalue weighted by Gasteiger charge is 2.23. The Morgan fingerprint density at radius 2 is 2.10 bits per heavy atom. The molecule has 0 atom stereocenters. The first-order chi connectivity index (χ1) is 10.2. The van der Waals surface area contributed by atoms with Gasteiger partial charge in [0.05, 0.1) is 10.6 Å². The van der Waals surface area contributed by atoms with Crippen LogP contribution >= 0.6 is 22.9 Å². The molecule has 21 heavy (non-hydrogen) atoms. The van der Waals surface area contributed by atoms with E-state index in [0.29, 0.717) is 10.6 Å². The molecule has 110 valence electrons. The van der Waals surface area contributed by atoms with Crippen molar-refractivity contribution in [2.24, 2.45) is 0 Å². The molecular weight excluding hydrogens is 306 g/mol. The maximum Gasteiger partial charge on any atom is 0.257 e. The largest absolute Gasteiger partial charge is 0.336 e. The van der Waals surface area contributed by atoms with Crippen LogP contribution in [0.15, 0.2) is 36.0 Å². The highest BCUT2D eigenvalue weighted by atomic mass is 35.5. The minimum absolute atomic E-state index is 0.0242. The van der Waals surface area contributed by atoms with Crippen molar-refractivity contribution >= 4 is 28.8 Å². The maximum absolute atomic E-state index is 12.4. The summed E-state index contributed by atoms with van der Waals surface area (Å²) >= 11 is 7.84. The molecule has 0 aliphatic carbocycles. The first-order valence-electron chi connectivity index (χ1n) is 6.87. The second-order valence-electron chi connectivity index (χ2n) is 5.00. The average Bonchev–Trinajstić information content (AvgIpc) is 3.01. The lowest BCUT2D eigenvalue weighted by Gasteiger charge is -2.34. The monoisotopic (exact) mass is 321 g/mol. The average molecular weight is 322 g/mol. The molecule has 1 aliphatic heterocycles. The van der Waals surface area contributed by atoms with Crippen molar-refractivity contribution in [3.63, 3.8) is 0 Å². The van der Waals surface area contributed by atoms with Crippen LogP contribution < -0.4 is 0 Å². The molecule has 2 aromatic heterocycles. The van der Waals surface area contributed by atoms with Gasteiger partial charge >= 0.3 is 0 Å². The number of pyridine rings is 1. The lowest BCUT2D eigenvalue weighted by molar-refractivity contribution is 0.0629. The third kappa shape index (κ3) is 3.43. The number of piperazine rings is 1. The Labute approximate surface area is 133 Å². The summed E-state index contributed by atoms with van der Waals surface area (Å²) in [5, 5.41) is 2.57. The van der Waals surface area contributed by atoms with Crippen molar-refractivity contribution in [1.29, 1.82) is 0 Å². The number of carbonyl (C=O) groups is 1. The lowest BCUT2D eigenvalue weighted by Crippen LogP contribution is -2.48. The molecule has 6 heteroatoms. The van der Waals surface area contributed by atoms with Gasteiger partial charge in [0, 0.05) is 50.0 Å². The van der Waals surface area contributed by atoms with Crippen LogP contribution in [-0.4, -0.2) is 46.9 Å². The number of hydrogen-bond acceptors (Lipinski definition) is 4. The summed E-state index contributed by atoms with van der Waals surface area (Å²) in [6, 6.07) is 5.88. The zero-order chi connectivity index (χ0) is 14.7. The minimum atomic E-state index is -0.0242. The van der Waals surface area contributed by atoms with E-state index in [-0.39, 0.29) is 5.91 Å². The standard InChI is InChI=1S/C15H16ClN3OS/c16-14-3-4-17-10-13(14)15(20)19-7-5-18(6-8-19)11-12-2-1-9-21-12/h1-4,9-10H,5-8,11H2. The molecule has 1 amide bonds. The summed E-state index contributed by atoms with van der Waals surface area (Å²) in [5.41, 5.74) is 0.492.